The molecule has 4 heterocycles. The van der Waals surface area contributed by atoms with E-state index in [2.05, 4.69) is 22.6 Å². The minimum atomic E-state index is -1.31. The van der Waals surface area contributed by atoms with E-state index in [1.54, 1.807) is 0 Å². The van der Waals surface area contributed by atoms with Crippen molar-refractivity contribution >= 4 is 11.9 Å². The third-order valence-electron chi connectivity index (χ3n) is 6.79. The number of carbonyl (C=O) groups excluding carboxylic acids is 2. The highest BCUT2D eigenvalue weighted by Crippen LogP contribution is 2.31. The number of methoxy groups -OCH3 is 2. The van der Waals surface area contributed by atoms with Crippen molar-refractivity contribution in [1.29, 1.82) is 0 Å². The van der Waals surface area contributed by atoms with E-state index >= 15 is 0 Å². The Balaban J connectivity index is 0.000000220. The Kier molecular flexibility index (Phi) is 11.5. The zero-order valence-corrected chi connectivity index (χ0v) is 21.9. The van der Waals surface area contributed by atoms with Crippen molar-refractivity contribution in [2.45, 2.75) is 73.6 Å². The molecule has 0 aromatic heterocycles. The maximum atomic E-state index is 11.4. The van der Waals surface area contributed by atoms with Crippen molar-refractivity contribution in [3.63, 3.8) is 0 Å². The summed E-state index contributed by atoms with van der Waals surface area (Å²) in [4.78, 5) is 22.8. The van der Waals surface area contributed by atoms with E-state index in [4.69, 9.17) is 38.6 Å². The van der Waals surface area contributed by atoms with Crippen molar-refractivity contribution in [2.75, 3.05) is 40.6 Å². The second-order valence-corrected chi connectivity index (χ2v) is 9.29. The molecule has 12 atom stereocenters. The van der Waals surface area contributed by atoms with Gasteiger partial charge < -0.3 is 68.5 Å². The number of hydrogen-bond acceptors (Lipinski definition) is 16. The molecule has 0 radical (unpaired) electrons. The van der Waals surface area contributed by atoms with Crippen LogP contribution in [0.2, 0.25) is 0 Å². The Morgan fingerprint density at radius 2 is 1.02 bits per heavy atom. The van der Waals surface area contributed by atoms with E-state index in [1.807, 2.05) is 0 Å². The van der Waals surface area contributed by atoms with Crippen LogP contribution in [0.1, 0.15) is 0 Å². The molecule has 4 aliphatic heterocycles. The van der Waals surface area contributed by atoms with Crippen LogP contribution in [-0.4, -0.2) is 157 Å². The van der Waals surface area contributed by atoms with Gasteiger partial charge in [-0.3, -0.25) is 0 Å². The predicted molar refractivity (Wildman–Crippen MR) is 127 cm³/mol. The highest BCUT2D eigenvalue weighted by Gasteiger charge is 2.50. The summed E-state index contributed by atoms with van der Waals surface area (Å²) in [5.41, 5.74) is 0.105. The smallest absolute Gasteiger partial charge is 0.335 e. The predicted octanol–water partition coefficient (Wildman–Crippen LogP) is -4.12. The molecule has 0 aromatic carbocycles. The average molecular weight is 581 g/mol. The second-order valence-electron chi connectivity index (χ2n) is 9.29. The molecule has 16 heteroatoms. The van der Waals surface area contributed by atoms with Gasteiger partial charge in [-0.05, 0) is 0 Å². The molecule has 0 bridgehead atoms. The molecule has 228 valence electrons. The molecule has 0 aromatic rings. The fourth-order valence-electron chi connectivity index (χ4n) is 4.38. The molecule has 6 N–H and O–H groups in total. The van der Waals surface area contributed by atoms with E-state index in [-0.39, 0.29) is 24.4 Å². The number of hydrogen-bond donors (Lipinski definition) is 6. The van der Waals surface area contributed by atoms with Crippen LogP contribution in [0.3, 0.4) is 0 Å². The zero-order chi connectivity index (χ0) is 29.7. The van der Waals surface area contributed by atoms with Crippen LogP contribution in [-0.2, 0) is 47.5 Å². The quantitative estimate of drug-likeness (QED) is 0.129. The van der Waals surface area contributed by atoms with Gasteiger partial charge in [0, 0.05) is 0 Å². The van der Waals surface area contributed by atoms with E-state index in [9.17, 15) is 30.0 Å². The van der Waals surface area contributed by atoms with Crippen LogP contribution in [0.15, 0.2) is 24.3 Å². The first kappa shape index (κ1) is 32.5. The van der Waals surface area contributed by atoms with Gasteiger partial charge in [0.2, 0.25) is 0 Å². The molecule has 4 rings (SSSR count). The van der Waals surface area contributed by atoms with Gasteiger partial charge in [0.15, 0.2) is 12.6 Å². The number of esters is 2. The zero-order valence-electron chi connectivity index (χ0n) is 21.9. The van der Waals surface area contributed by atoms with Crippen LogP contribution in [0.25, 0.3) is 0 Å². The molecule has 16 nitrogen and oxygen atoms in total. The summed E-state index contributed by atoms with van der Waals surface area (Å²) in [6.45, 7) is 6.20. The Labute approximate surface area is 229 Å². The lowest BCUT2D eigenvalue weighted by molar-refractivity contribution is -0.344. The molecule has 0 amide bonds. The van der Waals surface area contributed by atoms with Crippen molar-refractivity contribution in [3.8, 4) is 0 Å². The normalized spacial score (nSPS) is 40.8. The molecule has 0 spiro atoms. The second kappa shape index (κ2) is 14.2. The number of fused-ring (bicyclic) bond motifs is 2. The first-order chi connectivity index (χ1) is 19.0. The van der Waals surface area contributed by atoms with Crippen LogP contribution in [0.4, 0.5) is 0 Å². The van der Waals surface area contributed by atoms with Crippen LogP contribution >= 0.6 is 0 Å². The number of aliphatic hydroxyl groups excluding tert-OH is 6. The van der Waals surface area contributed by atoms with Gasteiger partial charge in [0.25, 0.3) is 0 Å². The lowest BCUT2D eigenvalue weighted by Gasteiger charge is -2.46. The third-order valence-corrected chi connectivity index (χ3v) is 6.79. The average Bonchev–Trinajstić information content (AvgIpc) is 2.98. The van der Waals surface area contributed by atoms with E-state index in [0.29, 0.717) is 0 Å². The summed E-state index contributed by atoms with van der Waals surface area (Å²) in [5, 5.41) is 57.6. The van der Waals surface area contributed by atoms with Gasteiger partial charge >= 0.3 is 11.9 Å². The van der Waals surface area contributed by atoms with Gasteiger partial charge in [-0.1, -0.05) is 13.2 Å². The van der Waals surface area contributed by atoms with Gasteiger partial charge in [-0.25, -0.2) is 9.59 Å². The summed E-state index contributed by atoms with van der Waals surface area (Å²) in [5.74, 6) is -1.28. The van der Waals surface area contributed by atoms with Crippen molar-refractivity contribution in [1.82, 2.24) is 0 Å². The molecular formula is C24H36O16. The van der Waals surface area contributed by atoms with Crippen LogP contribution in [0, 0.1) is 0 Å². The lowest BCUT2D eigenvalue weighted by Crippen LogP contribution is -2.63. The molecule has 4 fully saturated rings. The number of carbonyl (C=O) groups is 2. The van der Waals surface area contributed by atoms with Crippen molar-refractivity contribution in [2.24, 2.45) is 0 Å². The van der Waals surface area contributed by atoms with E-state index < -0.39 is 98.8 Å². The number of aliphatic hydroxyl groups is 6. The highest BCUT2D eigenvalue weighted by molar-refractivity contribution is 5.89. The number of ether oxygens (including phenoxy) is 8. The van der Waals surface area contributed by atoms with Gasteiger partial charge in [0.05, 0.1) is 51.8 Å². The fraction of sp³-hybridized carbons (Fsp3) is 0.750. The monoisotopic (exact) mass is 580 g/mol. The van der Waals surface area contributed by atoms with Crippen LogP contribution in [0.5, 0.6) is 0 Å². The van der Waals surface area contributed by atoms with Gasteiger partial charge in [-0.2, -0.15) is 0 Å². The molecule has 40 heavy (non-hydrogen) atoms. The fourth-order valence-corrected chi connectivity index (χ4v) is 4.38. The Hall–Kier alpha value is -2.06. The van der Waals surface area contributed by atoms with Crippen LogP contribution < -0.4 is 0 Å². The maximum Gasteiger partial charge on any atom is 0.335 e. The summed E-state index contributed by atoms with van der Waals surface area (Å²) in [6.07, 6.45) is -12.5. The SMILES string of the molecule is C=C(C(=O)OC)[C@H]1CO[C@@H]2O[C@H](CO)[C@@H](O)[C@H](O)[C@H]2O1.C=C(C(=O)OC)[C@H]1CO[C@@H]2O[C@H](CO)[C@@H](O)[C@H](O)[C@H]2O1. The van der Waals surface area contributed by atoms with Crippen molar-refractivity contribution in [3.05, 3.63) is 24.3 Å². The van der Waals surface area contributed by atoms with Gasteiger partial charge in [-0.15, -0.1) is 0 Å². The molecule has 4 saturated heterocycles. The molecule has 0 saturated carbocycles. The summed E-state index contributed by atoms with van der Waals surface area (Å²) < 4.78 is 41.4. The van der Waals surface area contributed by atoms with E-state index in [1.165, 1.54) is 14.2 Å². The minimum absolute atomic E-state index is 0.00390. The molecule has 4 aliphatic rings. The summed E-state index contributed by atoms with van der Waals surface area (Å²) >= 11 is 0. The largest absolute Gasteiger partial charge is 0.466 e. The molecular weight excluding hydrogens is 544 g/mol. The Morgan fingerprint density at radius 3 is 1.32 bits per heavy atom. The third kappa shape index (κ3) is 6.87. The first-order valence-electron chi connectivity index (χ1n) is 12.3. The highest BCUT2D eigenvalue weighted by atomic mass is 16.7. The van der Waals surface area contributed by atoms with E-state index in [0.717, 1.165) is 0 Å². The summed E-state index contributed by atoms with van der Waals surface area (Å²) in [6, 6.07) is 0. The standard InChI is InChI=1S/2C12H18O8/c2*1-5(11(16)17-2)7-4-18-12-10(19-7)9(15)8(14)6(3-13)20-12/h2*6-10,12-15H,1,3-4H2,2H3/t2*6-,7-,8-,9+,10-,12-/m11/s1. The number of rotatable bonds is 6. The van der Waals surface area contributed by atoms with Gasteiger partial charge in [0.1, 0.15) is 61.0 Å². The lowest BCUT2D eigenvalue weighted by atomic mass is 9.97. The minimum Gasteiger partial charge on any atom is -0.466 e. The Bertz CT molecular complexity index is 835. The Morgan fingerprint density at radius 1 is 0.675 bits per heavy atom. The first-order valence-corrected chi connectivity index (χ1v) is 12.3. The summed E-state index contributed by atoms with van der Waals surface area (Å²) in [7, 11) is 2.43. The van der Waals surface area contributed by atoms with Crippen molar-refractivity contribution < 1.29 is 78.1 Å². The molecule has 0 unspecified atom stereocenters. The topological polar surface area (TPSA) is 229 Å². The maximum absolute atomic E-state index is 11.4. The molecule has 0 aliphatic carbocycles.